The number of hydrogen-bond donors (Lipinski definition) is 2. The Morgan fingerprint density at radius 3 is 2.82 bits per heavy atom. The van der Waals surface area contributed by atoms with Crippen LogP contribution in [0.25, 0.3) is 11.1 Å². The molecule has 22 heavy (non-hydrogen) atoms. The van der Waals surface area contributed by atoms with Crippen LogP contribution in [0.3, 0.4) is 0 Å². The van der Waals surface area contributed by atoms with Gasteiger partial charge in [-0.2, -0.15) is 4.98 Å². The van der Waals surface area contributed by atoms with Crippen LogP contribution in [0, 0.1) is 0 Å². The van der Waals surface area contributed by atoms with Crippen LogP contribution in [0.15, 0.2) is 34.9 Å². The normalized spacial score (nSPS) is 11.1. The van der Waals surface area contributed by atoms with Crippen molar-refractivity contribution >= 4 is 28.6 Å². The number of hydrogen-bond acceptors (Lipinski definition) is 7. The van der Waals surface area contributed by atoms with Gasteiger partial charge in [-0.05, 0) is 32.3 Å². The summed E-state index contributed by atoms with van der Waals surface area (Å²) in [7, 11) is 5.77. The fraction of sp³-hybridized carbons (Fsp3) is 0.267. The van der Waals surface area contributed by atoms with Crippen LogP contribution in [0.1, 0.15) is 5.89 Å². The van der Waals surface area contributed by atoms with Gasteiger partial charge in [0.15, 0.2) is 5.58 Å². The molecule has 7 nitrogen and oxygen atoms in total. The third kappa shape index (κ3) is 2.99. The lowest BCUT2D eigenvalue weighted by Crippen LogP contribution is -2.10. The van der Waals surface area contributed by atoms with E-state index in [-0.39, 0.29) is 0 Å². The number of nitrogens with zero attached hydrogens (tertiary/aromatic N) is 4. The van der Waals surface area contributed by atoms with Crippen molar-refractivity contribution in [1.29, 1.82) is 0 Å². The first-order valence-corrected chi connectivity index (χ1v) is 6.96. The van der Waals surface area contributed by atoms with Crippen LogP contribution in [0.2, 0.25) is 0 Å². The lowest BCUT2D eigenvalue weighted by Gasteiger charge is -2.06. The van der Waals surface area contributed by atoms with Crippen molar-refractivity contribution < 1.29 is 4.42 Å². The van der Waals surface area contributed by atoms with Crippen LogP contribution >= 0.6 is 0 Å². The van der Waals surface area contributed by atoms with Gasteiger partial charge in [0, 0.05) is 13.2 Å². The largest absolute Gasteiger partial charge is 0.439 e. The van der Waals surface area contributed by atoms with Gasteiger partial charge >= 0.3 is 0 Å². The monoisotopic (exact) mass is 298 g/mol. The number of fused-ring (bicyclic) bond motifs is 1. The van der Waals surface area contributed by atoms with Gasteiger partial charge in [0.1, 0.15) is 11.3 Å². The van der Waals surface area contributed by atoms with Crippen molar-refractivity contribution in [1.82, 2.24) is 19.9 Å². The number of anilines is 3. The molecule has 1 aromatic carbocycles. The summed E-state index contributed by atoms with van der Waals surface area (Å²) in [5, 5.41) is 6.18. The molecule has 0 unspecified atom stereocenters. The predicted molar refractivity (Wildman–Crippen MR) is 86.3 cm³/mol. The van der Waals surface area contributed by atoms with E-state index in [1.807, 2.05) is 44.2 Å². The molecule has 2 N–H and O–H groups in total. The van der Waals surface area contributed by atoms with Gasteiger partial charge in [-0.3, -0.25) is 0 Å². The Hall–Kier alpha value is -2.67. The Bertz CT molecular complexity index is 783. The first-order valence-electron chi connectivity index (χ1n) is 6.96. The number of aromatic nitrogens is 3. The van der Waals surface area contributed by atoms with Crippen LogP contribution in [-0.2, 0) is 6.54 Å². The van der Waals surface area contributed by atoms with Gasteiger partial charge in [-0.1, -0.05) is 6.07 Å². The molecule has 0 fully saturated rings. The molecular weight excluding hydrogens is 280 g/mol. The molecule has 0 amide bonds. The quantitative estimate of drug-likeness (QED) is 0.749. The predicted octanol–water partition coefficient (Wildman–Crippen LogP) is 2.46. The molecule has 114 valence electrons. The molecule has 3 rings (SSSR count). The molecule has 0 atom stereocenters. The fourth-order valence-electron chi connectivity index (χ4n) is 2.11. The second kappa shape index (κ2) is 5.98. The van der Waals surface area contributed by atoms with Gasteiger partial charge in [0.2, 0.25) is 11.8 Å². The summed E-state index contributed by atoms with van der Waals surface area (Å²) in [6.45, 7) is 0.653. The number of rotatable bonds is 5. The maximum absolute atomic E-state index is 5.76. The zero-order chi connectivity index (χ0) is 15.5. The minimum absolute atomic E-state index is 0.511. The maximum atomic E-state index is 5.76. The number of benzene rings is 1. The summed E-state index contributed by atoms with van der Waals surface area (Å²) in [5.74, 6) is 1.94. The van der Waals surface area contributed by atoms with Crippen molar-refractivity contribution in [2.75, 3.05) is 31.8 Å². The minimum Gasteiger partial charge on any atom is -0.439 e. The third-order valence-corrected chi connectivity index (χ3v) is 3.07. The number of nitrogens with one attached hydrogen (secondary N) is 2. The van der Waals surface area contributed by atoms with Crippen LogP contribution in [0.4, 0.5) is 17.5 Å². The van der Waals surface area contributed by atoms with Gasteiger partial charge in [-0.15, -0.1) is 0 Å². The highest BCUT2D eigenvalue weighted by atomic mass is 16.3. The van der Waals surface area contributed by atoms with Gasteiger partial charge < -0.3 is 20.0 Å². The molecule has 2 heterocycles. The highest BCUT2D eigenvalue weighted by Crippen LogP contribution is 2.26. The summed E-state index contributed by atoms with van der Waals surface area (Å²) in [5.41, 5.74) is 2.34. The van der Waals surface area contributed by atoms with Crippen molar-refractivity contribution in [2.24, 2.45) is 0 Å². The molecule has 3 aromatic rings. The van der Waals surface area contributed by atoms with Crippen molar-refractivity contribution in [2.45, 2.75) is 6.54 Å². The van der Waals surface area contributed by atoms with E-state index in [0.717, 1.165) is 22.6 Å². The summed E-state index contributed by atoms with van der Waals surface area (Å²) in [6, 6.07) is 7.55. The standard InChI is InChI=1S/C15H18N6O/c1-16-12-7-8-17-15(19-12)18-10-5-4-6-11-14(10)20-13(22-11)9-21(2)3/h4-8H,9H2,1-3H3,(H2,16,17,18,19). The van der Waals surface area contributed by atoms with E-state index >= 15 is 0 Å². The Kier molecular flexibility index (Phi) is 3.88. The molecule has 0 saturated carbocycles. The summed E-state index contributed by atoms with van der Waals surface area (Å²) < 4.78 is 5.76. The Morgan fingerprint density at radius 1 is 1.18 bits per heavy atom. The van der Waals surface area contributed by atoms with Gasteiger partial charge in [0.25, 0.3) is 0 Å². The van der Waals surface area contributed by atoms with E-state index in [2.05, 4.69) is 25.6 Å². The molecule has 0 aliphatic heterocycles. The van der Waals surface area contributed by atoms with E-state index in [1.54, 1.807) is 12.3 Å². The zero-order valence-corrected chi connectivity index (χ0v) is 12.8. The topological polar surface area (TPSA) is 79.1 Å². The highest BCUT2D eigenvalue weighted by Gasteiger charge is 2.11. The van der Waals surface area contributed by atoms with E-state index in [0.29, 0.717) is 18.4 Å². The Morgan fingerprint density at radius 2 is 2.05 bits per heavy atom. The average Bonchev–Trinajstić information content (AvgIpc) is 2.90. The van der Waals surface area contributed by atoms with Crippen molar-refractivity contribution in [3.8, 4) is 0 Å². The van der Waals surface area contributed by atoms with Gasteiger partial charge in [0.05, 0.1) is 12.2 Å². The van der Waals surface area contributed by atoms with E-state index < -0.39 is 0 Å². The van der Waals surface area contributed by atoms with E-state index in [4.69, 9.17) is 4.42 Å². The summed E-state index contributed by atoms with van der Waals surface area (Å²) in [4.78, 5) is 15.1. The van der Waals surface area contributed by atoms with E-state index in [1.165, 1.54) is 0 Å². The Balaban J connectivity index is 1.94. The number of para-hydroxylation sites is 1. The first kappa shape index (κ1) is 14.3. The van der Waals surface area contributed by atoms with Crippen LogP contribution < -0.4 is 10.6 Å². The second-order valence-electron chi connectivity index (χ2n) is 5.14. The van der Waals surface area contributed by atoms with E-state index in [9.17, 15) is 0 Å². The first-order chi connectivity index (χ1) is 10.7. The third-order valence-electron chi connectivity index (χ3n) is 3.07. The van der Waals surface area contributed by atoms with Crippen molar-refractivity contribution in [3.05, 3.63) is 36.4 Å². The lowest BCUT2D eigenvalue weighted by atomic mass is 10.3. The molecular formula is C15H18N6O. The fourth-order valence-corrected chi connectivity index (χ4v) is 2.11. The molecule has 7 heteroatoms. The number of oxazole rings is 1. The highest BCUT2D eigenvalue weighted by molar-refractivity contribution is 5.88. The molecule has 0 saturated heterocycles. The molecule has 2 aromatic heterocycles. The molecule has 0 radical (unpaired) electrons. The molecule has 0 spiro atoms. The SMILES string of the molecule is CNc1ccnc(Nc2cccc3oc(CN(C)C)nc23)n1. The second-order valence-corrected chi connectivity index (χ2v) is 5.14. The van der Waals surface area contributed by atoms with Crippen molar-refractivity contribution in [3.63, 3.8) is 0 Å². The lowest BCUT2D eigenvalue weighted by molar-refractivity contribution is 0.349. The molecule has 0 bridgehead atoms. The minimum atomic E-state index is 0.511. The molecule has 0 aliphatic carbocycles. The average molecular weight is 298 g/mol. The maximum Gasteiger partial charge on any atom is 0.229 e. The smallest absolute Gasteiger partial charge is 0.229 e. The summed E-state index contributed by atoms with van der Waals surface area (Å²) in [6.07, 6.45) is 1.70. The summed E-state index contributed by atoms with van der Waals surface area (Å²) >= 11 is 0. The molecule has 0 aliphatic rings. The van der Waals surface area contributed by atoms with Crippen LogP contribution in [-0.4, -0.2) is 41.0 Å². The van der Waals surface area contributed by atoms with Crippen LogP contribution in [0.5, 0.6) is 0 Å². The zero-order valence-electron chi connectivity index (χ0n) is 12.8. The Labute approximate surface area is 128 Å². The van der Waals surface area contributed by atoms with Gasteiger partial charge in [-0.25, -0.2) is 9.97 Å².